The van der Waals surface area contributed by atoms with E-state index < -0.39 is 11.8 Å². The summed E-state index contributed by atoms with van der Waals surface area (Å²) in [5.74, 6) is -0.168. The van der Waals surface area contributed by atoms with Gasteiger partial charge in [0.2, 0.25) is 5.91 Å². The smallest absolute Gasteiger partial charge is 0.221 e. The summed E-state index contributed by atoms with van der Waals surface area (Å²) in [5.41, 5.74) is 0.172. The van der Waals surface area contributed by atoms with Crippen LogP contribution >= 0.6 is 23.2 Å². The number of hydrogen-bond donors (Lipinski definition) is 0. The zero-order valence-corrected chi connectivity index (χ0v) is 12.6. The molecule has 6 heteroatoms. The predicted molar refractivity (Wildman–Crippen MR) is 75.1 cm³/mol. The Balaban J connectivity index is 2.86. The molecule has 0 fully saturated rings. The van der Waals surface area contributed by atoms with Gasteiger partial charge in [0.05, 0.1) is 0 Å². The Kier molecular flexibility index (Phi) is 6.58. The molecule has 0 aliphatic rings. The van der Waals surface area contributed by atoms with Crippen LogP contribution in [0.15, 0.2) is 24.3 Å². The van der Waals surface area contributed by atoms with E-state index in [0.717, 1.165) is 5.56 Å². The third-order valence-corrected chi connectivity index (χ3v) is 3.31. The first-order chi connectivity index (χ1) is 8.99. The van der Waals surface area contributed by atoms with Crippen LogP contribution in [-0.2, 0) is 20.8 Å². The van der Waals surface area contributed by atoms with E-state index in [-0.39, 0.29) is 5.91 Å². The number of nitrogens with zero attached hydrogens (tertiary/aromatic N) is 1. The first-order valence-electron chi connectivity index (χ1n) is 5.71. The molecule has 1 amide bonds. The molecule has 0 radical (unpaired) electrons. The van der Waals surface area contributed by atoms with Crippen molar-refractivity contribution in [3.05, 3.63) is 34.9 Å². The third kappa shape index (κ3) is 4.66. The zero-order chi connectivity index (χ0) is 14.4. The Morgan fingerprint density at radius 3 is 2.47 bits per heavy atom. The van der Waals surface area contributed by atoms with Crippen LogP contribution in [-0.4, -0.2) is 36.8 Å². The average molecular weight is 306 g/mol. The van der Waals surface area contributed by atoms with Gasteiger partial charge in [-0.05, 0) is 17.7 Å². The van der Waals surface area contributed by atoms with Crippen LogP contribution in [0.4, 0.5) is 0 Å². The normalized spacial score (nSPS) is 12.5. The van der Waals surface area contributed by atoms with Crippen molar-refractivity contribution in [3.8, 4) is 0 Å². The molecular formula is C13H17Cl2NO3. The SMILES string of the molecule is COC(OC)C(Cl)N(Cc1cccc(Cl)c1)C(C)=O. The van der Waals surface area contributed by atoms with E-state index in [0.29, 0.717) is 11.6 Å². The second-order valence-corrected chi connectivity index (χ2v) is 4.87. The standard InChI is InChI=1S/C13H17Cl2NO3/c1-9(17)16(12(15)13(18-2)19-3)8-10-5-4-6-11(14)7-10/h4-7,12-13H,8H2,1-3H3. The highest BCUT2D eigenvalue weighted by atomic mass is 35.5. The number of carbonyl (C=O) groups is 1. The molecule has 0 aromatic heterocycles. The third-order valence-electron chi connectivity index (χ3n) is 2.63. The van der Waals surface area contributed by atoms with Crippen molar-refractivity contribution in [3.63, 3.8) is 0 Å². The summed E-state index contributed by atoms with van der Waals surface area (Å²) in [6, 6.07) is 7.26. The highest BCUT2D eigenvalue weighted by Gasteiger charge is 2.27. The molecule has 1 unspecified atom stereocenters. The van der Waals surface area contributed by atoms with E-state index >= 15 is 0 Å². The summed E-state index contributed by atoms with van der Waals surface area (Å²) in [7, 11) is 2.95. The number of ether oxygens (including phenoxy) is 2. The average Bonchev–Trinajstić information content (AvgIpc) is 2.37. The van der Waals surface area contributed by atoms with Crippen molar-refractivity contribution in [2.45, 2.75) is 25.3 Å². The molecule has 4 nitrogen and oxygen atoms in total. The van der Waals surface area contributed by atoms with Crippen LogP contribution < -0.4 is 0 Å². The summed E-state index contributed by atoms with van der Waals surface area (Å²) < 4.78 is 10.2. The summed E-state index contributed by atoms with van der Waals surface area (Å²) >= 11 is 12.1. The number of rotatable bonds is 6. The maximum Gasteiger partial charge on any atom is 0.221 e. The van der Waals surface area contributed by atoms with E-state index in [1.807, 2.05) is 12.1 Å². The summed E-state index contributed by atoms with van der Waals surface area (Å²) in [6.07, 6.45) is -0.690. The van der Waals surface area contributed by atoms with E-state index in [1.165, 1.54) is 26.0 Å². The number of amides is 1. The van der Waals surface area contributed by atoms with Crippen molar-refractivity contribution in [1.29, 1.82) is 0 Å². The fraction of sp³-hybridized carbons (Fsp3) is 0.462. The highest BCUT2D eigenvalue weighted by Crippen LogP contribution is 2.19. The van der Waals surface area contributed by atoms with Gasteiger partial charge in [-0.3, -0.25) is 4.79 Å². The zero-order valence-electron chi connectivity index (χ0n) is 11.1. The van der Waals surface area contributed by atoms with E-state index in [1.54, 1.807) is 12.1 Å². The van der Waals surface area contributed by atoms with Crippen molar-refractivity contribution in [1.82, 2.24) is 4.90 Å². The minimum Gasteiger partial charge on any atom is -0.353 e. The highest BCUT2D eigenvalue weighted by molar-refractivity contribution is 6.30. The lowest BCUT2D eigenvalue weighted by molar-refractivity contribution is -0.150. The van der Waals surface area contributed by atoms with Crippen LogP contribution in [0.5, 0.6) is 0 Å². The lowest BCUT2D eigenvalue weighted by Gasteiger charge is -2.30. The number of methoxy groups -OCH3 is 2. The maximum absolute atomic E-state index is 11.7. The molecule has 106 valence electrons. The summed E-state index contributed by atoms with van der Waals surface area (Å²) in [4.78, 5) is 13.2. The van der Waals surface area contributed by atoms with Gasteiger partial charge in [0.1, 0.15) is 0 Å². The van der Waals surface area contributed by atoms with Crippen molar-refractivity contribution in [2.75, 3.05) is 14.2 Å². The molecule has 0 saturated carbocycles. The number of benzene rings is 1. The Morgan fingerprint density at radius 2 is 2.00 bits per heavy atom. The maximum atomic E-state index is 11.7. The Morgan fingerprint density at radius 1 is 1.37 bits per heavy atom. The van der Waals surface area contributed by atoms with Crippen LogP contribution in [0.3, 0.4) is 0 Å². The Bertz CT molecular complexity index is 424. The van der Waals surface area contributed by atoms with Gasteiger partial charge in [0, 0.05) is 32.7 Å². The summed E-state index contributed by atoms with van der Waals surface area (Å²) in [5, 5.41) is 0.613. The molecule has 1 aromatic rings. The lowest BCUT2D eigenvalue weighted by atomic mass is 10.2. The van der Waals surface area contributed by atoms with Gasteiger partial charge >= 0.3 is 0 Å². The number of alkyl halides is 1. The lowest BCUT2D eigenvalue weighted by Crippen LogP contribution is -2.43. The van der Waals surface area contributed by atoms with Crippen LogP contribution in [0.2, 0.25) is 5.02 Å². The van der Waals surface area contributed by atoms with Crippen molar-refractivity contribution < 1.29 is 14.3 Å². The second kappa shape index (κ2) is 7.70. The molecule has 1 aromatic carbocycles. The monoisotopic (exact) mass is 305 g/mol. The van der Waals surface area contributed by atoms with Gasteiger partial charge in [0.25, 0.3) is 0 Å². The van der Waals surface area contributed by atoms with Gasteiger partial charge in [0.15, 0.2) is 11.8 Å². The fourth-order valence-electron chi connectivity index (χ4n) is 1.67. The van der Waals surface area contributed by atoms with Crippen LogP contribution in [0.1, 0.15) is 12.5 Å². The largest absolute Gasteiger partial charge is 0.353 e. The molecule has 0 N–H and O–H groups in total. The Labute approximate surface area is 123 Å². The molecular weight excluding hydrogens is 289 g/mol. The molecule has 0 saturated heterocycles. The first kappa shape index (κ1) is 16.2. The predicted octanol–water partition coefficient (Wildman–Crippen LogP) is 2.87. The number of halogens is 2. The molecule has 1 atom stereocenters. The molecule has 0 spiro atoms. The minimum atomic E-state index is -0.716. The van der Waals surface area contributed by atoms with Crippen LogP contribution in [0, 0.1) is 0 Å². The molecule has 0 aliphatic carbocycles. The topological polar surface area (TPSA) is 38.8 Å². The van der Waals surface area contributed by atoms with E-state index in [2.05, 4.69) is 0 Å². The minimum absolute atomic E-state index is 0.168. The molecule has 0 heterocycles. The van der Waals surface area contributed by atoms with Crippen LogP contribution in [0.25, 0.3) is 0 Å². The van der Waals surface area contributed by atoms with E-state index in [4.69, 9.17) is 32.7 Å². The van der Waals surface area contributed by atoms with Crippen molar-refractivity contribution in [2.24, 2.45) is 0 Å². The van der Waals surface area contributed by atoms with Gasteiger partial charge < -0.3 is 14.4 Å². The number of hydrogen-bond acceptors (Lipinski definition) is 3. The van der Waals surface area contributed by atoms with Gasteiger partial charge in [-0.1, -0.05) is 35.3 Å². The number of carbonyl (C=O) groups excluding carboxylic acids is 1. The summed E-state index contributed by atoms with van der Waals surface area (Å²) in [6.45, 7) is 1.79. The molecule has 1 rings (SSSR count). The van der Waals surface area contributed by atoms with E-state index in [9.17, 15) is 4.79 Å². The molecule has 0 aliphatic heterocycles. The second-order valence-electron chi connectivity index (χ2n) is 3.99. The molecule has 0 bridgehead atoms. The quantitative estimate of drug-likeness (QED) is 0.461. The Hall–Kier alpha value is -0.810. The first-order valence-corrected chi connectivity index (χ1v) is 6.52. The van der Waals surface area contributed by atoms with Crippen molar-refractivity contribution >= 4 is 29.1 Å². The van der Waals surface area contributed by atoms with Gasteiger partial charge in [-0.15, -0.1) is 0 Å². The van der Waals surface area contributed by atoms with Gasteiger partial charge in [-0.25, -0.2) is 0 Å². The molecule has 19 heavy (non-hydrogen) atoms. The fourth-order valence-corrected chi connectivity index (χ4v) is 2.30. The van der Waals surface area contributed by atoms with Gasteiger partial charge in [-0.2, -0.15) is 0 Å².